The van der Waals surface area contributed by atoms with Crippen molar-refractivity contribution in [1.29, 1.82) is 0 Å². The average Bonchev–Trinajstić information content (AvgIpc) is 2.75. The lowest BCUT2D eigenvalue weighted by Gasteiger charge is -2.08. The highest BCUT2D eigenvalue weighted by atomic mass is 19.1. The Bertz CT molecular complexity index is 843. The van der Waals surface area contributed by atoms with E-state index < -0.39 is 0 Å². The van der Waals surface area contributed by atoms with Crippen LogP contribution in [0.3, 0.4) is 0 Å². The van der Waals surface area contributed by atoms with Gasteiger partial charge in [0.05, 0.1) is 5.69 Å². The van der Waals surface area contributed by atoms with Crippen LogP contribution in [-0.4, -0.2) is 19.9 Å². The molecule has 0 radical (unpaired) electrons. The van der Waals surface area contributed by atoms with Crippen LogP contribution in [0.1, 0.15) is 17.7 Å². The van der Waals surface area contributed by atoms with Crippen LogP contribution in [0.4, 0.5) is 4.39 Å². The normalized spacial score (nSPS) is 13.3. The third-order valence-corrected chi connectivity index (χ3v) is 4.05. The van der Waals surface area contributed by atoms with Gasteiger partial charge in [-0.05, 0) is 49.1 Å². The summed E-state index contributed by atoms with van der Waals surface area (Å²) >= 11 is 0. The molecule has 1 N–H and O–H groups in total. The number of fused-ring (bicyclic) bond motifs is 3. The quantitative estimate of drug-likeness (QED) is 0.699. The molecule has 5 heteroatoms. The molecule has 0 spiro atoms. The lowest BCUT2D eigenvalue weighted by molar-refractivity contribution is 0.195. The van der Waals surface area contributed by atoms with Crippen molar-refractivity contribution in [2.24, 2.45) is 0 Å². The molecule has 0 saturated heterocycles. The van der Waals surface area contributed by atoms with E-state index in [1.54, 1.807) is 30.6 Å². The van der Waals surface area contributed by atoms with E-state index in [0.29, 0.717) is 11.5 Å². The molecular weight excluding hydrogens is 281 g/mol. The minimum absolute atomic E-state index is 0.307. The van der Waals surface area contributed by atoms with E-state index in [9.17, 15) is 9.60 Å². The molecule has 110 valence electrons. The fourth-order valence-corrected chi connectivity index (χ4v) is 3.02. The minimum Gasteiger partial charge on any atom is -0.426 e. The van der Waals surface area contributed by atoms with Gasteiger partial charge in [-0.3, -0.25) is 4.98 Å². The lowest BCUT2D eigenvalue weighted by Crippen LogP contribution is -1.99. The molecule has 0 bridgehead atoms. The fourth-order valence-electron chi connectivity index (χ4n) is 3.02. The van der Waals surface area contributed by atoms with Crippen molar-refractivity contribution < 1.29 is 9.60 Å². The molecule has 0 saturated carbocycles. The van der Waals surface area contributed by atoms with Crippen LogP contribution >= 0.6 is 0 Å². The smallest absolute Gasteiger partial charge is 0.176 e. The van der Waals surface area contributed by atoms with Gasteiger partial charge < -0.3 is 5.21 Å². The van der Waals surface area contributed by atoms with Gasteiger partial charge >= 0.3 is 0 Å². The van der Waals surface area contributed by atoms with Crippen LogP contribution < -0.4 is 0 Å². The summed E-state index contributed by atoms with van der Waals surface area (Å²) in [6.07, 6.45) is 5.86. The molecule has 0 unspecified atom stereocenters. The number of pyridine rings is 1. The van der Waals surface area contributed by atoms with Crippen molar-refractivity contribution in [3.8, 4) is 22.6 Å². The van der Waals surface area contributed by atoms with Gasteiger partial charge in [-0.25, -0.2) is 9.37 Å². The Kier molecular flexibility index (Phi) is 2.92. The van der Waals surface area contributed by atoms with Gasteiger partial charge in [0.1, 0.15) is 11.5 Å². The second kappa shape index (κ2) is 4.94. The highest BCUT2D eigenvalue weighted by molar-refractivity contribution is 5.71. The molecule has 0 amide bonds. The van der Waals surface area contributed by atoms with E-state index >= 15 is 0 Å². The monoisotopic (exact) mass is 295 g/mol. The number of rotatable bonds is 1. The number of imidazole rings is 1. The first-order chi connectivity index (χ1) is 10.7. The summed E-state index contributed by atoms with van der Waals surface area (Å²) in [7, 11) is 0. The summed E-state index contributed by atoms with van der Waals surface area (Å²) in [5.41, 5.74) is 3.94. The Morgan fingerprint density at radius 3 is 2.73 bits per heavy atom. The third kappa shape index (κ3) is 1.97. The first-order valence-electron chi connectivity index (χ1n) is 7.24. The maximum Gasteiger partial charge on any atom is 0.176 e. The van der Waals surface area contributed by atoms with E-state index in [1.165, 1.54) is 12.1 Å². The number of aryl methyl sites for hydroxylation is 2. The molecule has 3 aromatic rings. The van der Waals surface area contributed by atoms with Crippen molar-refractivity contribution >= 4 is 0 Å². The molecule has 2 aromatic heterocycles. The number of aromatic nitrogens is 3. The third-order valence-electron chi connectivity index (χ3n) is 4.05. The minimum atomic E-state index is -0.307. The van der Waals surface area contributed by atoms with Crippen LogP contribution in [0.15, 0.2) is 42.7 Å². The Labute approximate surface area is 126 Å². The van der Waals surface area contributed by atoms with Gasteiger partial charge in [-0.1, -0.05) is 6.07 Å². The van der Waals surface area contributed by atoms with Crippen LogP contribution in [0, 0.1) is 5.82 Å². The molecule has 1 aromatic carbocycles. The molecular formula is C17H14FN3O. The van der Waals surface area contributed by atoms with Crippen molar-refractivity contribution in [2.45, 2.75) is 19.3 Å². The van der Waals surface area contributed by atoms with E-state index in [1.807, 2.05) is 0 Å². The Balaban J connectivity index is 1.96. The van der Waals surface area contributed by atoms with Crippen LogP contribution in [-0.2, 0) is 12.8 Å². The zero-order chi connectivity index (χ0) is 15.1. The van der Waals surface area contributed by atoms with Gasteiger partial charge in [0.2, 0.25) is 0 Å². The first kappa shape index (κ1) is 13.0. The van der Waals surface area contributed by atoms with Gasteiger partial charge in [-0.2, -0.15) is 4.73 Å². The molecule has 0 aliphatic heterocycles. The van der Waals surface area contributed by atoms with Crippen molar-refractivity contribution in [2.75, 3.05) is 0 Å². The molecule has 1 aliphatic rings. The van der Waals surface area contributed by atoms with Crippen LogP contribution in [0.5, 0.6) is 0 Å². The Morgan fingerprint density at radius 2 is 1.91 bits per heavy atom. The SMILES string of the molecule is On1c(-c2ccncc2)nc2c1-c1cc(F)ccc1CCC2. The highest BCUT2D eigenvalue weighted by Gasteiger charge is 2.24. The Hall–Kier alpha value is -2.69. The summed E-state index contributed by atoms with van der Waals surface area (Å²) < 4.78 is 14.7. The second-order valence-electron chi connectivity index (χ2n) is 5.43. The highest BCUT2D eigenvalue weighted by Crippen LogP contribution is 2.35. The predicted molar refractivity (Wildman–Crippen MR) is 80.1 cm³/mol. The number of nitrogens with zero attached hydrogens (tertiary/aromatic N) is 3. The summed E-state index contributed by atoms with van der Waals surface area (Å²) in [5, 5.41) is 10.6. The molecule has 22 heavy (non-hydrogen) atoms. The Morgan fingerprint density at radius 1 is 1.09 bits per heavy atom. The fraction of sp³-hybridized carbons (Fsp3) is 0.176. The van der Waals surface area contributed by atoms with E-state index in [0.717, 1.165) is 46.4 Å². The number of benzene rings is 1. The van der Waals surface area contributed by atoms with Crippen molar-refractivity contribution in [3.63, 3.8) is 0 Å². The summed E-state index contributed by atoms with van der Waals surface area (Å²) in [6, 6.07) is 8.32. The van der Waals surface area contributed by atoms with E-state index in [4.69, 9.17) is 0 Å². The molecule has 0 atom stereocenters. The first-order valence-corrected chi connectivity index (χ1v) is 7.24. The topological polar surface area (TPSA) is 50.9 Å². The van der Waals surface area contributed by atoms with Gasteiger partial charge in [0.15, 0.2) is 5.82 Å². The summed E-state index contributed by atoms with van der Waals surface area (Å²) in [6.45, 7) is 0. The standard InChI is InChI=1S/C17H14FN3O/c18-13-5-4-11-2-1-3-15-16(14(11)10-13)21(22)17(20-15)12-6-8-19-9-7-12/h4-10,22H,1-3H2. The van der Waals surface area contributed by atoms with E-state index in [-0.39, 0.29) is 5.82 Å². The van der Waals surface area contributed by atoms with Crippen molar-refractivity contribution in [1.82, 2.24) is 14.7 Å². The largest absolute Gasteiger partial charge is 0.426 e. The summed E-state index contributed by atoms with van der Waals surface area (Å²) in [4.78, 5) is 8.55. The predicted octanol–water partition coefficient (Wildman–Crippen LogP) is 3.48. The zero-order valence-electron chi connectivity index (χ0n) is 11.8. The number of halogens is 1. The lowest BCUT2D eigenvalue weighted by atomic mass is 10.0. The van der Waals surface area contributed by atoms with Gasteiger partial charge in [0, 0.05) is 23.5 Å². The van der Waals surface area contributed by atoms with Crippen LogP contribution in [0.2, 0.25) is 0 Å². The second-order valence-corrected chi connectivity index (χ2v) is 5.43. The zero-order valence-corrected chi connectivity index (χ0v) is 11.8. The van der Waals surface area contributed by atoms with Gasteiger partial charge in [-0.15, -0.1) is 0 Å². The van der Waals surface area contributed by atoms with Crippen LogP contribution in [0.25, 0.3) is 22.6 Å². The van der Waals surface area contributed by atoms with Crippen molar-refractivity contribution in [3.05, 3.63) is 59.8 Å². The maximum atomic E-state index is 13.7. The molecule has 4 rings (SSSR count). The van der Waals surface area contributed by atoms with Gasteiger partial charge in [0.25, 0.3) is 0 Å². The molecule has 1 aliphatic carbocycles. The molecule has 2 heterocycles. The van der Waals surface area contributed by atoms with E-state index in [2.05, 4.69) is 9.97 Å². The molecule has 4 nitrogen and oxygen atoms in total. The average molecular weight is 295 g/mol. The summed E-state index contributed by atoms with van der Waals surface area (Å²) in [5.74, 6) is 0.155. The molecule has 0 fully saturated rings. The number of hydrogen-bond donors (Lipinski definition) is 1. The number of hydrogen-bond acceptors (Lipinski definition) is 3. The maximum absolute atomic E-state index is 13.7.